The molecular formula is C18H11Cl2FN2OS. The summed E-state index contributed by atoms with van der Waals surface area (Å²) in [6, 6.07) is 13.1. The number of amides is 1. The lowest BCUT2D eigenvalue weighted by Crippen LogP contribution is -2.32. The summed E-state index contributed by atoms with van der Waals surface area (Å²) in [5.41, 5.74) is 0.120. The van der Waals surface area contributed by atoms with E-state index in [2.05, 4.69) is 0 Å². The highest BCUT2D eigenvalue weighted by Gasteiger charge is 2.25. The SMILES string of the molecule is N#CCCN(C(=O)c1sc2cc(Cl)ccc2c1Cl)c1ccccc1F. The maximum atomic E-state index is 14.2. The molecule has 1 aromatic heterocycles. The van der Waals surface area contributed by atoms with E-state index in [4.69, 9.17) is 28.5 Å². The predicted molar refractivity (Wildman–Crippen MR) is 100 cm³/mol. The summed E-state index contributed by atoms with van der Waals surface area (Å²) in [4.78, 5) is 14.6. The zero-order chi connectivity index (χ0) is 18.0. The van der Waals surface area contributed by atoms with E-state index in [1.807, 2.05) is 6.07 Å². The third-order valence-electron chi connectivity index (χ3n) is 3.62. The van der Waals surface area contributed by atoms with Crippen molar-refractivity contribution in [2.75, 3.05) is 11.4 Å². The van der Waals surface area contributed by atoms with Crippen molar-refractivity contribution in [2.24, 2.45) is 0 Å². The summed E-state index contributed by atoms with van der Waals surface area (Å²) in [5.74, 6) is -0.975. The molecule has 0 aliphatic carbocycles. The van der Waals surface area contributed by atoms with Gasteiger partial charge in [0.05, 0.1) is 23.2 Å². The van der Waals surface area contributed by atoms with Gasteiger partial charge in [0.1, 0.15) is 10.7 Å². The number of benzene rings is 2. The summed E-state index contributed by atoms with van der Waals surface area (Å²) in [6.45, 7) is 0.0710. The number of para-hydroxylation sites is 1. The van der Waals surface area contributed by atoms with Crippen LogP contribution in [0.1, 0.15) is 16.1 Å². The van der Waals surface area contributed by atoms with Gasteiger partial charge < -0.3 is 4.90 Å². The third-order valence-corrected chi connectivity index (χ3v) is 5.50. The molecule has 3 aromatic rings. The van der Waals surface area contributed by atoms with Crippen molar-refractivity contribution in [3.8, 4) is 6.07 Å². The number of hydrogen-bond acceptors (Lipinski definition) is 3. The first-order chi connectivity index (χ1) is 12.0. The molecule has 0 fully saturated rings. The third kappa shape index (κ3) is 3.47. The van der Waals surface area contributed by atoms with Crippen molar-refractivity contribution in [1.29, 1.82) is 5.26 Å². The molecule has 3 nitrogen and oxygen atoms in total. The molecule has 126 valence electrons. The minimum Gasteiger partial charge on any atom is -0.304 e. The van der Waals surface area contributed by atoms with Crippen LogP contribution in [-0.2, 0) is 0 Å². The number of anilines is 1. The van der Waals surface area contributed by atoms with Crippen LogP contribution >= 0.6 is 34.5 Å². The van der Waals surface area contributed by atoms with E-state index >= 15 is 0 Å². The van der Waals surface area contributed by atoms with Gasteiger partial charge in [-0.15, -0.1) is 11.3 Å². The molecule has 2 aromatic carbocycles. The molecule has 0 saturated carbocycles. The molecule has 7 heteroatoms. The Morgan fingerprint density at radius 1 is 1.24 bits per heavy atom. The molecule has 1 amide bonds. The number of carbonyl (C=O) groups is 1. The van der Waals surface area contributed by atoms with Gasteiger partial charge >= 0.3 is 0 Å². The van der Waals surface area contributed by atoms with Gasteiger partial charge in [-0.25, -0.2) is 4.39 Å². The first-order valence-corrected chi connectivity index (χ1v) is 8.91. The molecular weight excluding hydrogens is 382 g/mol. The topological polar surface area (TPSA) is 44.1 Å². The summed E-state index contributed by atoms with van der Waals surface area (Å²) in [7, 11) is 0. The highest BCUT2D eigenvalue weighted by molar-refractivity contribution is 7.21. The number of thiophene rings is 1. The Hall–Kier alpha value is -2.13. The Morgan fingerprint density at radius 3 is 2.72 bits per heavy atom. The summed E-state index contributed by atoms with van der Waals surface area (Å²) in [6.07, 6.45) is 0.0778. The molecule has 0 aliphatic rings. The Balaban J connectivity index is 2.08. The zero-order valence-corrected chi connectivity index (χ0v) is 15.1. The molecule has 1 heterocycles. The van der Waals surface area contributed by atoms with Crippen LogP contribution < -0.4 is 4.90 Å². The second-order valence-corrected chi connectivity index (χ2v) is 7.07. The number of hydrogen-bond donors (Lipinski definition) is 0. The molecule has 0 spiro atoms. The summed E-state index contributed by atoms with van der Waals surface area (Å²) < 4.78 is 14.9. The van der Waals surface area contributed by atoms with Gasteiger partial charge in [-0.3, -0.25) is 4.79 Å². The van der Waals surface area contributed by atoms with E-state index in [0.29, 0.717) is 20.3 Å². The minimum atomic E-state index is -0.533. The number of halogens is 3. The number of rotatable bonds is 4. The average molecular weight is 393 g/mol. The molecule has 0 radical (unpaired) electrons. The maximum absolute atomic E-state index is 14.2. The zero-order valence-electron chi connectivity index (χ0n) is 12.8. The predicted octanol–water partition coefficient (Wildman–Crippen LogP) is 5.91. The first-order valence-electron chi connectivity index (χ1n) is 7.34. The lowest BCUT2D eigenvalue weighted by molar-refractivity contribution is 0.0990. The van der Waals surface area contributed by atoms with Crippen LogP contribution in [0.15, 0.2) is 42.5 Å². The highest BCUT2D eigenvalue weighted by atomic mass is 35.5. The largest absolute Gasteiger partial charge is 0.304 e. The molecule has 0 saturated heterocycles. The van der Waals surface area contributed by atoms with Gasteiger partial charge in [0.15, 0.2) is 0 Å². The van der Waals surface area contributed by atoms with Crippen molar-refractivity contribution in [1.82, 2.24) is 0 Å². The van der Waals surface area contributed by atoms with Crippen LogP contribution in [0, 0.1) is 17.1 Å². The standard InChI is InChI=1S/C18H11Cl2FN2OS/c19-11-6-7-12-15(10-11)25-17(16(12)20)18(24)23(9-3-8-22)14-5-2-1-4-13(14)21/h1-2,4-7,10H,3,9H2. The second-order valence-electron chi connectivity index (χ2n) is 5.20. The van der Waals surface area contributed by atoms with E-state index in [9.17, 15) is 9.18 Å². The van der Waals surface area contributed by atoms with E-state index < -0.39 is 11.7 Å². The molecule has 0 N–H and O–H groups in total. The van der Waals surface area contributed by atoms with Crippen LogP contribution in [-0.4, -0.2) is 12.5 Å². The van der Waals surface area contributed by atoms with Gasteiger partial charge in [0.25, 0.3) is 5.91 Å². The van der Waals surface area contributed by atoms with Gasteiger partial charge in [-0.2, -0.15) is 5.26 Å². The second kappa shape index (κ2) is 7.40. The Kier molecular flexibility index (Phi) is 5.24. The molecule has 25 heavy (non-hydrogen) atoms. The monoisotopic (exact) mass is 392 g/mol. The van der Waals surface area contributed by atoms with E-state index in [-0.39, 0.29) is 18.7 Å². The van der Waals surface area contributed by atoms with Gasteiger partial charge in [0, 0.05) is 21.7 Å². The fraction of sp³-hybridized carbons (Fsp3) is 0.111. The van der Waals surface area contributed by atoms with Gasteiger partial charge in [-0.05, 0) is 24.3 Å². The van der Waals surface area contributed by atoms with E-state index in [1.54, 1.807) is 30.3 Å². The van der Waals surface area contributed by atoms with Crippen LogP contribution in [0.25, 0.3) is 10.1 Å². The quantitative estimate of drug-likeness (QED) is 0.553. The highest BCUT2D eigenvalue weighted by Crippen LogP contribution is 2.38. The van der Waals surface area contributed by atoms with Crippen molar-refractivity contribution in [3.63, 3.8) is 0 Å². The Labute approximate surface area is 157 Å². The number of fused-ring (bicyclic) bond motifs is 1. The Bertz CT molecular complexity index is 996. The van der Waals surface area contributed by atoms with Crippen molar-refractivity contribution in [2.45, 2.75) is 6.42 Å². The number of carbonyl (C=O) groups excluding carboxylic acids is 1. The smallest absolute Gasteiger partial charge is 0.270 e. The van der Waals surface area contributed by atoms with Crippen LogP contribution in [0.2, 0.25) is 10.0 Å². The normalized spacial score (nSPS) is 10.6. The average Bonchev–Trinajstić information content (AvgIpc) is 2.92. The van der Waals surface area contributed by atoms with Gasteiger partial charge in [-0.1, -0.05) is 41.4 Å². The maximum Gasteiger partial charge on any atom is 0.270 e. The molecule has 0 bridgehead atoms. The van der Waals surface area contributed by atoms with Crippen LogP contribution in [0.5, 0.6) is 0 Å². The van der Waals surface area contributed by atoms with E-state index in [0.717, 1.165) is 4.70 Å². The van der Waals surface area contributed by atoms with Crippen molar-refractivity contribution >= 4 is 56.2 Å². The van der Waals surface area contributed by atoms with Crippen LogP contribution in [0.3, 0.4) is 0 Å². The first kappa shape index (κ1) is 17.7. The molecule has 0 unspecified atom stereocenters. The summed E-state index contributed by atoms with van der Waals surface area (Å²) in [5, 5.41) is 10.4. The lowest BCUT2D eigenvalue weighted by Gasteiger charge is -2.21. The van der Waals surface area contributed by atoms with Gasteiger partial charge in [0.2, 0.25) is 0 Å². The molecule has 0 atom stereocenters. The lowest BCUT2D eigenvalue weighted by atomic mass is 10.2. The molecule has 0 aliphatic heterocycles. The van der Waals surface area contributed by atoms with Crippen molar-refractivity contribution < 1.29 is 9.18 Å². The fourth-order valence-electron chi connectivity index (χ4n) is 2.46. The number of nitriles is 1. The summed E-state index contributed by atoms with van der Waals surface area (Å²) >= 11 is 13.6. The van der Waals surface area contributed by atoms with Crippen molar-refractivity contribution in [3.05, 3.63) is 63.2 Å². The van der Waals surface area contributed by atoms with E-state index in [1.165, 1.54) is 28.4 Å². The Morgan fingerprint density at radius 2 is 2.00 bits per heavy atom. The minimum absolute atomic E-state index is 0.0710. The van der Waals surface area contributed by atoms with Crippen LogP contribution in [0.4, 0.5) is 10.1 Å². The fourth-order valence-corrected chi connectivity index (χ4v) is 4.20. The number of nitrogens with zero attached hydrogens (tertiary/aromatic N) is 2. The molecule has 3 rings (SSSR count).